The third-order valence-electron chi connectivity index (χ3n) is 2.87. The van der Waals surface area contributed by atoms with E-state index < -0.39 is 0 Å². The molecule has 1 aromatic heterocycles. The summed E-state index contributed by atoms with van der Waals surface area (Å²) in [5.41, 5.74) is 2.16. The Labute approximate surface area is 133 Å². The van der Waals surface area contributed by atoms with Crippen LogP contribution in [0.3, 0.4) is 0 Å². The van der Waals surface area contributed by atoms with Crippen LogP contribution in [0.15, 0.2) is 35.6 Å². The molecule has 110 valence electrons. The molecule has 2 rings (SSSR count). The summed E-state index contributed by atoms with van der Waals surface area (Å²) in [4.78, 5) is 20.4. The van der Waals surface area contributed by atoms with E-state index >= 15 is 0 Å². The summed E-state index contributed by atoms with van der Waals surface area (Å²) in [6.45, 7) is 2.14. The number of hydrogen-bond acceptors (Lipinski definition) is 4. The summed E-state index contributed by atoms with van der Waals surface area (Å²) >= 11 is 7.35. The number of thioether (sulfide) groups is 1. The predicted octanol–water partition coefficient (Wildman–Crippen LogP) is 4.06. The van der Waals surface area contributed by atoms with Gasteiger partial charge in [-0.1, -0.05) is 48.8 Å². The number of rotatable bonds is 5. The fraction of sp³-hybridized carbons (Fsp3) is 0.267. The molecule has 6 heteroatoms. The highest BCUT2D eigenvalue weighted by Gasteiger charge is 2.14. The summed E-state index contributed by atoms with van der Waals surface area (Å²) in [5.74, 6) is -0.332. The lowest BCUT2D eigenvalue weighted by molar-refractivity contribution is 0.102. The van der Waals surface area contributed by atoms with Crippen LogP contribution in [0.4, 0.5) is 5.69 Å². The van der Waals surface area contributed by atoms with E-state index in [1.54, 1.807) is 0 Å². The number of carbonyl (C=O) groups excluding carboxylic acids is 1. The van der Waals surface area contributed by atoms with Crippen molar-refractivity contribution in [3.63, 3.8) is 0 Å². The van der Waals surface area contributed by atoms with Crippen molar-refractivity contribution in [2.24, 2.45) is 0 Å². The molecule has 0 spiro atoms. The van der Waals surface area contributed by atoms with Crippen LogP contribution >= 0.6 is 23.4 Å². The van der Waals surface area contributed by atoms with Crippen molar-refractivity contribution in [2.75, 3.05) is 11.6 Å². The number of aryl methyl sites for hydroxylation is 1. The number of benzene rings is 1. The number of hydrogen-bond donors (Lipinski definition) is 1. The molecule has 1 aromatic carbocycles. The molecule has 1 amide bonds. The Morgan fingerprint density at radius 1 is 1.33 bits per heavy atom. The van der Waals surface area contributed by atoms with Gasteiger partial charge in [-0.25, -0.2) is 9.97 Å². The molecule has 2 aromatic rings. The first-order valence-electron chi connectivity index (χ1n) is 6.61. The van der Waals surface area contributed by atoms with Crippen LogP contribution in [-0.4, -0.2) is 22.1 Å². The maximum absolute atomic E-state index is 12.2. The molecule has 1 heterocycles. The lowest BCUT2D eigenvalue weighted by Crippen LogP contribution is -2.15. The molecule has 21 heavy (non-hydrogen) atoms. The molecule has 0 aliphatic carbocycles. The zero-order valence-corrected chi connectivity index (χ0v) is 13.5. The van der Waals surface area contributed by atoms with Gasteiger partial charge < -0.3 is 5.32 Å². The Morgan fingerprint density at radius 3 is 2.67 bits per heavy atom. The van der Waals surface area contributed by atoms with E-state index in [2.05, 4.69) is 22.2 Å². The maximum atomic E-state index is 12.2. The van der Waals surface area contributed by atoms with Gasteiger partial charge in [0.1, 0.15) is 0 Å². The summed E-state index contributed by atoms with van der Waals surface area (Å²) in [6, 6.07) is 7.78. The fourth-order valence-electron chi connectivity index (χ4n) is 1.84. The first kappa shape index (κ1) is 15.8. The van der Waals surface area contributed by atoms with Crippen molar-refractivity contribution in [2.45, 2.75) is 24.9 Å². The summed E-state index contributed by atoms with van der Waals surface area (Å²) in [7, 11) is 0. The lowest BCUT2D eigenvalue weighted by Gasteiger charge is -2.07. The molecule has 1 N–H and O–H groups in total. The molecule has 0 saturated carbocycles. The number of carbonyl (C=O) groups is 1. The van der Waals surface area contributed by atoms with Gasteiger partial charge in [-0.2, -0.15) is 0 Å². The Kier molecular flexibility index (Phi) is 5.59. The van der Waals surface area contributed by atoms with Crippen LogP contribution in [-0.2, 0) is 6.42 Å². The Hall–Kier alpha value is -1.59. The van der Waals surface area contributed by atoms with E-state index in [0.717, 1.165) is 18.5 Å². The Balaban J connectivity index is 2.14. The van der Waals surface area contributed by atoms with E-state index in [-0.39, 0.29) is 16.6 Å². The van der Waals surface area contributed by atoms with Gasteiger partial charge in [-0.15, -0.1) is 0 Å². The molecule has 4 nitrogen and oxygen atoms in total. The van der Waals surface area contributed by atoms with Crippen LogP contribution in [0, 0.1) is 0 Å². The average Bonchev–Trinajstić information content (AvgIpc) is 2.50. The quantitative estimate of drug-likeness (QED) is 0.666. The maximum Gasteiger partial charge on any atom is 0.275 e. The van der Waals surface area contributed by atoms with E-state index in [1.165, 1.54) is 23.5 Å². The number of nitrogens with zero attached hydrogens (tertiary/aromatic N) is 2. The number of amides is 1. The molecular formula is C15H16ClN3OS. The normalized spacial score (nSPS) is 10.4. The molecule has 0 saturated heterocycles. The Bertz CT molecular complexity index is 631. The SMILES string of the molecule is CCCc1ccc(NC(=O)c2nc(SC)ncc2Cl)cc1. The van der Waals surface area contributed by atoms with Crippen LogP contribution < -0.4 is 5.32 Å². The van der Waals surface area contributed by atoms with Gasteiger partial charge >= 0.3 is 0 Å². The van der Waals surface area contributed by atoms with Crippen molar-refractivity contribution >= 4 is 35.0 Å². The summed E-state index contributed by atoms with van der Waals surface area (Å²) in [6.07, 6.45) is 5.42. The molecule has 0 radical (unpaired) electrons. The standard InChI is InChI=1S/C15H16ClN3OS/c1-3-4-10-5-7-11(8-6-10)18-14(20)13-12(16)9-17-15(19-13)21-2/h5-9H,3-4H2,1-2H3,(H,18,20). The largest absolute Gasteiger partial charge is 0.321 e. The topological polar surface area (TPSA) is 54.9 Å². The van der Waals surface area contributed by atoms with Gasteiger partial charge in [-0.05, 0) is 30.4 Å². The van der Waals surface area contributed by atoms with Gasteiger partial charge in [0, 0.05) is 5.69 Å². The Morgan fingerprint density at radius 2 is 2.05 bits per heavy atom. The highest BCUT2D eigenvalue weighted by atomic mass is 35.5. The van der Waals surface area contributed by atoms with Gasteiger partial charge in [0.2, 0.25) is 0 Å². The molecule has 0 bridgehead atoms. The first-order valence-corrected chi connectivity index (χ1v) is 8.21. The highest BCUT2D eigenvalue weighted by molar-refractivity contribution is 7.98. The lowest BCUT2D eigenvalue weighted by atomic mass is 10.1. The molecule has 0 aliphatic rings. The predicted molar refractivity (Wildman–Crippen MR) is 87.2 cm³/mol. The highest BCUT2D eigenvalue weighted by Crippen LogP contribution is 2.18. The van der Waals surface area contributed by atoms with E-state index in [0.29, 0.717) is 5.16 Å². The molecule has 0 unspecified atom stereocenters. The van der Waals surface area contributed by atoms with Gasteiger partial charge in [0.05, 0.1) is 11.2 Å². The third kappa shape index (κ3) is 4.19. The fourth-order valence-corrected chi connectivity index (χ4v) is 2.36. The molecule has 0 fully saturated rings. The van der Waals surface area contributed by atoms with Crippen LogP contribution in [0.25, 0.3) is 0 Å². The monoisotopic (exact) mass is 321 g/mol. The number of anilines is 1. The van der Waals surface area contributed by atoms with Crippen molar-refractivity contribution in [1.29, 1.82) is 0 Å². The minimum absolute atomic E-state index is 0.189. The minimum Gasteiger partial charge on any atom is -0.321 e. The van der Waals surface area contributed by atoms with Crippen LogP contribution in [0.2, 0.25) is 5.02 Å². The van der Waals surface area contributed by atoms with Crippen molar-refractivity contribution < 1.29 is 4.79 Å². The minimum atomic E-state index is -0.332. The van der Waals surface area contributed by atoms with Crippen molar-refractivity contribution in [3.05, 3.63) is 46.7 Å². The second-order valence-electron chi connectivity index (χ2n) is 4.45. The van der Waals surface area contributed by atoms with Crippen molar-refractivity contribution in [1.82, 2.24) is 9.97 Å². The molecular weight excluding hydrogens is 306 g/mol. The van der Waals surface area contributed by atoms with Gasteiger partial charge in [0.25, 0.3) is 5.91 Å². The second kappa shape index (κ2) is 7.43. The smallest absolute Gasteiger partial charge is 0.275 e. The number of nitrogens with one attached hydrogen (secondary N) is 1. The summed E-state index contributed by atoms with van der Waals surface area (Å²) < 4.78 is 0. The zero-order chi connectivity index (χ0) is 15.2. The summed E-state index contributed by atoms with van der Waals surface area (Å²) in [5, 5.41) is 3.56. The molecule has 0 atom stereocenters. The average molecular weight is 322 g/mol. The number of halogens is 1. The van der Waals surface area contributed by atoms with Gasteiger partial charge in [-0.3, -0.25) is 4.79 Å². The zero-order valence-electron chi connectivity index (χ0n) is 11.9. The van der Waals surface area contributed by atoms with E-state index in [1.807, 2.05) is 30.5 Å². The third-order valence-corrected chi connectivity index (χ3v) is 3.71. The molecule has 0 aliphatic heterocycles. The van der Waals surface area contributed by atoms with Gasteiger partial charge in [0.15, 0.2) is 10.9 Å². The van der Waals surface area contributed by atoms with Crippen molar-refractivity contribution in [3.8, 4) is 0 Å². The van der Waals surface area contributed by atoms with Crippen LogP contribution in [0.5, 0.6) is 0 Å². The number of aromatic nitrogens is 2. The van der Waals surface area contributed by atoms with E-state index in [4.69, 9.17) is 11.6 Å². The first-order chi connectivity index (χ1) is 10.1. The second-order valence-corrected chi connectivity index (χ2v) is 5.63. The van der Waals surface area contributed by atoms with E-state index in [9.17, 15) is 4.79 Å². The van der Waals surface area contributed by atoms with Crippen LogP contribution in [0.1, 0.15) is 29.4 Å².